The van der Waals surface area contributed by atoms with Crippen LogP contribution < -0.4 is 0 Å². The number of pyridine rings is 1. The van der Waals surface area contributed by atoms with E-state index in [-0.39, 0.29) is 0 Å². The third kappa shape index (κ3) is 2.08. The first-order valence-corrected chi connectivity index (χ1v) is 5.22. The van der Waals surface area contributed by atoms with Crippen molar-refractivity contribution in [1.82, 2.24) is 14.5 Å². The van der Waals surface area contributed by atoms with Crippen LogP contribution in [0, 0.1) is 0 Å². The second-order valence-electron chi connectivity index (χ2n) is 2.74. The maximum atomic E-state index is 5.73. The van der Waals surface area contributed by atoms with E-state index in [0.717, 1.165) is 10.2 Å². The molecule has 0 unspecified atom stereocenters. The van der Waals surface area contributed by atoms with Gasteiger partial charge in [0.05, 0.1) is 5.02 Å². The molecule has 2 rings (SSSR count). The van der Waals surface area contributed by atoms with Crippen molar-refractivity contribution in [2.75, 3.05) is 0 Å². The highest BCUT2D eigenvalue weighted by atomic mass is 35.5. The van der Waals surface area contributed by atoms with Crippen molar-refractivity contribution >= 4 is 23.4 Å². The summed E-state index contributed by atoms with van der Waals surface area (Å²) in [7, 11) is 1.95. The predicted octanol–water partition coefficient (Wildman–Crippen LogP) is 2.62. The molecule has 0 N–H and O–H groups in total. The van der Waals surface area contributed by atoms with Gasteiger partial charge in [0.25, 0.3) is 0 Å². The fourth-order valence-electron chi connectivity index (χ4n) is 0.966. The molecule has 2 heterocycles. The van der Waals surface area contributed by atoms with Crippen LogP contribution >= 0.6 is 23.4 Å². The predicted molar refractivity (Wildman–Crippen MR) is 56.6 cm³/mol. The maximum absolute atomic E-state index is 5.73. The summed E-state index contributed by atoms with van der Waals surface area (Å²) in [5, 5.41) is 2.46. The van der Waals surface area contributed by atoms with Crippen LogP contribution in [0.15, 0.2) is 40.9 Å². The first-order chi connectivity index (χ1) is 6.75. The van der Waals surface area contributed by atoms with Gasteiger partial charge in [0.1, 0.15) is 5.03 Å². The standard InChI is InChI=1S/C9H8ClN3S/c1-13-5-4-11-9(13)14-8-3-2-7(10)6-12-8/h2-6H,1H3. The highest BCUT2D eigenvalue weighted by Gasteiger charge is 2.02. The van der Waals surface area contributed by atoms with Crippen molar-refractivity contribution in [1.29, 1.82) is 0 Å². The van der Waals surface area contributed by atoms with E-state index in [9.17, 15) is 0 Å². The highest BCUT2D eigenvalue weighted by Crippen LogP contribution is 2.24. The van der Waals surface area contributed by atoms with Crippen LogP contribution in [-0.4, -0.2) is 14.5 Å². The molecular formula is C9H8ClN3S. The van der Waals surface area contributed by atoms with Gasteiger partial charge in [0, 0.05) is 25.6 Å². The summed E-state index contributed by atoms with van der Waals surface area (Å²) in [6.07, 6.45) is 5.29. The Hall–Kier alpha value is -1.00. The highest BCUT2D eigenvalue weighted by molar-refractivity contribution is 7.99. The molecular weight excluding hydrogens is 218 g/mol. The Morgan fingerprint density at radius 1 is 1.36 bits per heavy atom. The van der Waals surface area contributed by atoms with Crippen LogP contribution in [0.3, 0.4) is 0 Å². The summed E-state index contributed by atoms with van der Waals surface area (Å²) in [5.41, 5.74) is 0. The number of aryl methyl sites for hydroxylation is 1. The van der Waals surface area contributed by atoms with Gasteiger partial charge < -0.3 is 4.57 Å². The molecule has 0 amide bonds. The van der Waals surface area contributed by atoms with Gasteiger partial charge in [-0.1, -0.05) is 11.6 Å². The van der Waals surface area contributed by atoms with Gasteiger partial charge in [0.2, 0.25) is 0 Å². The molecule has 0 radical (unpaired) electrons. The Morgan fingerprint density at radius 2 is 2.21 bits per heavy atom. The van der Waals surface area contributed by atoms with E-state index >= 15 is 0 Å². The zero-order valence-corrected chi connectivity index (χ0v) is 9.09. The zero-order chi connectivity index (χ0) is 9.97. The lowest BCUT2D eigenvalue weighted by Crippen LogP contribution is -1.89. The van der Waals surface area contributed by atoms with E-state index in [1.165, 1.54) is 11.8 Å². The average molecular weight is 226 g/mol. The second kappa shape index (κ2) is 4.02. The molecule has 5 heteroatoms. The molecule has 72 valence electrons. The number of aromatic nitrogens is 3. The quantitative estimate of drug-likeness (QED) is 0.787. The summed E-state index contributed by atoms with van der Waals surface area (Å²) in [6, 6.07) is 3.70. The number of halogens is 1. The van der Waals surface area contributed by atoms with Gasteiger partial charge in [-0.05, 0) is 23.9 Å². The Balaban J connectivity index is 2.19. The molecule has 0 aliphatic carbocycles. The van der Waals surface area contributed by atoms with E-state index < -0.39 is 0 Å². The molecule has 0 aliphatic rings. The molecule has 14 heavy (non-hydrogen) atoms. The van der Waals surface area contributed by atoms with Crippen LogP contribution in [-0.2, 0) is 7.05 Å². The van der Waals surface area contributed by atoms with Gasteiger partial charge in [0.15, 0.2) is 5.16 Å². The van der Waals surface area contributed by atoms with E-state index in [0.29, 0.717) is 5.02 Å². The van der Waals surface area contributed by atoms with Crippen LogP contribution in [0.4, 0.5) is 0 Å². The fourth-order valence-corrected chi connectivity index (χ4v) is 1.83. The maximum Gasteiger partial charge on any atom is 0.174 e. The summed E-state index contributed by atoms with van der Waals surface area (Å²) < 4.78 is 1.95. The molecule has 2 aromatic rings. The van der Waals surface area contributed by atoms with E-state index in [2.05, 4.69) is 9.97 Å². The molecule has 3 nitrogen and oxygen atoms in total. The Kier molecular flexibility index (Phi) is 2.74. The SMILES string of the molecule is Cn1ccnc1Sc1ccc(Cl)cn1. The normalized spacial score (nSPS) is 10.4. The number of rotatable bonds is 2. The van der Waals surface area contributed by atoms with Gasteiger partial charge in [-0.15, -0.1) is 0 Å². The number of nitrogens with zero attached hydrogens (tertiary/aromatic N) is 3. The topological polar surface area (TPSA) is 30.7 Å². The van der Waals surface area contributed by atoms with Crippen molar-refractivity contribution in [3.63, 3.8) is 0 Å². The van der Waals surface area contributed by atoms with Crippen molar-refractivity contribution in [2.45, 2.75) is 10.2 Å². The molecule has 0 spiro atoms. The summed E-state index contributed by atoms with van der Waals surface area (Å²) >= 11 is 7.24. The molecule has 2 aromatic heterocycles. The van der Waals surface area contributed by atoms with Crippen molar-refractivity contribution < 1.29 is 0 Å². The molecule has 0 aromatic carbocycles. The van der Waals surface area contributed by atoms with Crippen LogP contribution in [0.2, 0.25) is 5.02 Å². The van der Waals surface area contributed by atoms with E-state index in [1.807, 2.05) is 29.9 Å². The Labute approximate surface area is 91.1 Å². The summed E-state index contributed by atoms with van der Waals surface area (Å²) in [4.78, 5) is 8.36. The Morgan fingerprint density at radius 3 is 2.79 bits per heavy atom. The minimum Gasteiger partial charge on any atom is -0.329 e. The Bertz CT molecular complexity index is 424. The largest absolute Gasteiger partial charge is 0.329 e. The minimum absolute atomic E-state index is 0.647. The van der Waals surface area contributed by atoms with Gasteiger partial charge >= 0.3 is 0 Å². The molecule has 0 aliphatic heterocycles. The lowest BCUT2D eigenvalue weighted by molar-refractivity contribution is 0.788. The average Bonchev–Trinajstić information content (AvgIpc) is 2.56. The lowest BCUT2D eigenvalue weighted by atomic mass is 10.5. The first-order valence-electron chi connectivity index (χ1n) is 4.02. The summed E-state index contributed by atoms with van der Waals surface area (Å²) in [5.74, 6) is 0. The van der Waals surface area contributed by atoms with E-state index in [4.69, 9.17) is 11.6 Å². The van der Waals surface area contributed by atoms with Crippen LogP contribution in [0.25, 0.3) is 0 Å². The van der Waals surface area contributed by atoms with Crippen LogP contribution in [0.1, 0.15) is 0 Å². The third-order valence-electron chi connectivity index (χ3n) is 1.67. The first kappa shape index (κ1) is 9.55. The summed E-state index contributed by atoms with van der Waals surface area (Å²) in [6.45, 7) is 0. The number of imidazole rings is 1. The fraction of sp³-hybridized carbons (Fsp3) is 0.111. The van der Waals surface area contributed by atoms with Crippen molar-refractivity contribution in [3.05, 3.63) is 35.7 Å². The monoisotopic (exact) mass is 225 g/mol. The third-order valence-corrected chi connectivity index (χ3v) is 2.92. The minimum atomic E-state index is 0.647. The van der Waals surface area contributed by atoms with Crippen molar-refractivity contribution in [3.8, 4) is 0 Å². The molecule has 0 fully saturated rings. The molecule has 0 saturated heterocycles. The molecule has 0 atom stereocenters. The van der Waals surface area contributed by atoms with Gasteiger partial charge in [-0.25, -0.2) is 9.97 Å². The van der Waals surface area contributed by atoms with Crippen LogP contribution in [0.5, 0.6) is 0 Å². The second-order valence-corrected chi connectivity index (χ2v) is 4.16. The molecule has 0 bridgehead atoms. The van der Waals surface area contributed by atoms with Gasteiger partial charge in [-0.3, -0.25) is 0 Å². The number of hydrogen-bond donors (Lipinski definition) is 0. The van der Waals surface area contributed by atoms with Gasteiger partial charge in [-0.2, -0.15) is 0 Å². The molecule has 0 saturated carbocycles. The smallest absolute Gasteiger partial charge is 0.174 e. The van der Waals surface area contributed by atoms with Crippen molar-refractivity contribution in [2.24, 2.45) is 7.05 Å². The zero-order valence-electron chi connectivity index (χ0n) is 7.51. The number of hydrogen-bond acceptors (Lipinski definition) is 3. The van der Waals surface area contributed by atoms with E-state index in [1.54, 1.807) is 12.4 Å². The lowest BCUT2D eigenvalue weighted by Gasteiger charge is -1.99.